The average molecular weight is 335 g/mol. The van der Waals surface area contributed by atoms with Gasteiger partial charge in [0, 0.05) is 11.7 Å². The number of rotatable bonds is 6. The second-order valence-corrected chi connectivity index (χ2v) is 7.50. The van der Waals surface area contributed by atoms with Gasteiger partial charge in [0.25, 0.3) is 0 Å². The van der Waals surface area contributed by atoms with Crippen molar-refractivity contribution in [3.8, 4) is 0 Å². The zero-order valence-electron chi connectivity index (χ0n) is 13.3. The summed E-state index contributed by atoms with van der Waals surface area (Å²) >= 11 is 6.99. The van der Waals surface area contributed by atoms with Gasteiger partial charge in [0.05, 0.1) is 6.67 Å². The Morgan fingerprint density at radius 2 is 2.14 bits per heavy atom. The molecule has 0 spiro atoms. The van der Waals surface area contributed by atoms with Crippen LogP contribution in [-0.4, -0.2) is 27.3 Å². The maximum Gasteiger partial charge on any atom is 0.209 e. The van der Waals surface area contributed by atoms with Gasteiger partial charge in [-0.1, -0.05) is 24.3 Å². The van der Waals surface area contributed by atoms with E-state index in [9.17, 15) is 0 Å². The van der Waals surface area contributed by atoms with Crippen LogP contribution in [0.5, 0.6) is 0 Å². The molecule has 1 saturated carbocycles. The molecule has 1 aromatic heterocycles. The topological polar surface area (TPSA) is 33.1 Å². The molecule has 0 bridgehead atoms. The summed E-state index contributed by atoms with van der Waals surface area (Å²) in [6.45, 7) is 8.28. The van der Waals surface area contributed by atoms with Crippen molar-refractivity contribution in [3.63, 3.8) is 0 Å². The van der Waals surface area contributed by atoms with Crippen molar-refractivity contribution in [3.05, 3.63) is 33.3 Å². The summed E-state index contributed by atoms with van der Waals surface area (Å²) in [6, 6.07) is 7.08. The van der Waals surface area contributed by atoms with E-state index < -0.39 is 0 Å². The number of nitrogens with one attached hydrogen (secondary N) is 1. The minimum atomic E-state index is 0.727. The number of aryl methyl sites for hydroxylation is 2. The highest BCUT2D eigenvalue weighted by molar-refractivity contribution is 7.73. The van der Waals surface area contributed by atoms with E-state index in [1.165, 1.54) is 35.3 Å². The highest BCUT2D eigenvalue weighted by Gasteiger charge is 2.28. The van der Waals surface area contributed by atoms with E-state index >= 15 is 0 Å². The molecule has 0 aliphatic heterocycles. The summed E-state index contributed by atoms with van der Waals surface area (Å²) in [4.78, 5) is 2.44. The smallest absolute Gasteiger partial charge is 0.209 e. The molecule has 118 valence electrons. The summed E-state index contributed by atoms with van der Waals surface area (Å²) in [5, 5.41) is 8.87. The SMILES string of the molecule is CCN(Cn1nc(Nc2ccc(C)c(C)c2)sc1=S)C1CC1. The van der Waals surface area contributed by atoms with Crippen LogP contribution in [0.3, 0.4) is 0 Å². The molecule has 0 unspecified atom stereocenters. The molecule has 1 fully saturated rings. The van der Waals surface area contributed by atoms with Crippen molar-refractivity contribution in [1.29, 1.82) is 0 Å². The third-order valence-electron chi connectivity index (χ3n) is 4.15. The molecule has 2 aromatic rings. The fraction of sp³-hybridized carbons (Fsp3) is 0.500. The fourth-order valence-corrected chi connectivity index (χ4v) is 3.49. The molecular weight excluding hydrogens is 312 g/mol. The number of hydrogen-bond acceptors (Lipinski definition) is 5. The van der Waals surface area contributed by atoms with Crippen LogP contribution >= 0.6 is 23.6 Å². The molecule has 3 rings (SSSR count). The number of nitrogens with zero attached hydrogens (tertiary/aromatic N) is 3. The summed E-state index contributed by atoms with van der Waals surface area (Å²) in [5.74, 6) is 0. The Balaban J connectivity index is 1.73. The lowest BCUT2D eigenvalue weighted by atomic mass is 10.1. The van der Waals surface area contributed by atoms with Gasteiger partial charge in [-0.3, -0.25) is 4.90 Å². The number of benzene rings is 1. The highest BCUT2D eigenvalue weighted by Crippen LogP contribution is 2.28. The highest BCUT2D eigenvalue weighted by atomic mass is 32.1. The zero-order valence-corrected chi connectivity index (χ0v) is 14.9. The molecule has 4 nitrogen and oxygen atoms in total. The zero-order chi connectivity index (χ0) is 15.7. The van der Waals surface area contributed by atoms with E-state index in [4.69, 9.17) is 12.2 Å². The van der Waals surface area contributed by atoms with Crippen molar-refractivity contribution in [2.45, 2.75) is 46.3 Å². The summed E-state index contributed by atoms with van der Waals surface area (Å²) < 4.78 is 2.76. The molecule has 1 aliphatic rings. The Morgan fingerprint density at radius 1 is 1.36 bits per heavy atom. The predicted molar refractivity (Wildman–Crippen MR) is 95.5 cm³/mol. The lowest BCUT2D eigenvalue weighted by molar-refractivity contribution is 0.207. The first-order valence-corrected chi connectivity index (χ1v) is 8.95. The quantitative estimate of drug-likeness (QED) is 0.790. The number of aromatic nitrogens is 2. The normalized spacial score (nSPS) is 14.5. The molecule has 6 heteroatoms. The van der Waals surface area contributed by atoms with Crippen LogP contribution in [0.15, 0.2) is 18.2 Å². The van der Waals surface area contributed by atoms with Gasteiger partial charge in [0.15, 0.2) is 3.95 Å². The van der Waals surface area contributed by atoms with Crippen LogP contribution in [0, 0.1) is 17.8 Å². The first-order chi connectivity index (χ1) is 10.6. The standard InChI is InChI=1S/C16H22N4S2/c1-4-19(14-7-8-14)10-20-16(21)22-15(18-20)17-13-6-5-11(2)12(3)9-13/h5-6,9,14H,4,7-8,10H2,1-3H3,(H,17,18). The molecule has 0 amide bonds. The van der Waals surface area contributed by atoms with Gasteiger partial charge in [-0.25, -0.2) is 4.68 Å². The second-order valence-electron chi connectivity index (χ2n) is 5.87. The molecule has 1 aliphatic carbocycles. The lowest BCUT2D eigenvalue weighted by Crippen LogP contribution is -2.28. The summed E-state index contributed by atoms with van der Waals surface area (Å²) in [6.07, 6.45) is 2.61. The van der Waals surface area contributed by atoms with E-state index in [0.29, 0.717) is 0 Å². The van der Waals surface area contributed by atoms with E-state index in [-0.39, 0.29) is 0 Å². The van der Waals surface area contributed by atoms with Crippen molar-refractivity contribution in [2.75, 3.05) is 11.9 Å². The molecule has 22 heavy (non-hydrogen) atoms. The van der Waals surface area contributed by atoms with E-state index in [1.807, 2.05) is 4.68 Å². The molecule has 1 aromatic carbocycles. The number of anilines is 2. The molecular formula is C16H22N4S2. The Kier molecular flexibility index (Phi) is 4.61. The van der Waals surface area contributed by atoms with Gasteiger partial charge < -0.3 is 5.32 Å². The van der Waals surface area contributed by atoms with Crippen LogP contribution in [0.4, 0.5) is 10.8 Å². The Labute approximate surface area is 140 Å². The minimum Gasteiger partial charge on any atom is -0.330 e. The third-order valence-corrected chi connectivity index (χ3v) is 5.37. The lowest BCUT2D eigenvalue weighted by Gasteiger charge is -2.19. The number of hydrogen-bond donors (Lipinski definition) is 1. The molecule has 1 N–H and O–H groups in total. The van der Waals surface area contributed by atoms with Crippen LogP contribution in [-0.2, 0) is 6.67 Å². The van der Waals surface area contributed by atoms with Gasteiger partial charge in [-0.15, -0.1) is 5.10 Å². The van der Waals surface area contributed by atoms with Gasteiger partial charge in [0.2, 0.25) is 5.13 Å². The monoisotopic (exact) mass is 334 g/mol. The van der Waals surface area contributed by atoms with Gasteiger partial charge >= 0.3 is 0 Å². The van der Waals surface area contributed by atoms with Gasteiger partial charge in [0.1, 0.15) is 0 Å². The molecule has 1 heterocycles. The molecule has 0 atom stereocenters. The Bertz CT molecular complexity index is 715. The van der Waals surface area contributed by atoms with E-state index in [1.54, 1.807) is 0 Å². The van der Waals surface area contributed by atoms with Gasteiger partial charge in [-0.05, 0) is 68.7 Å². The molecule has 0 saturated heterocycles. The fourth-order valence-electron chi connectivity index (χ4n) is 2.47. The van der Waals surface area contributed by atoms with Gasteiger partial charge in [-0.2, -0.15) is 0 Å². The Hall–Kier alpha value is -1.24. The van der Waals surface area contributed by atoms with Crippen molar-refractivity contribution in [1.82, 2.24) is 14.7 Å². The first-order valence-electron chi connectivity index (χ1n) is 7.73. The van der Waals surface area contributed by atoms with Crippen LogP contribution < -0.4 is 5.32 Å². The van der Waals surface area contributed by atoms with Crippen LogP contribution in [0.25, 0.3) is 0 Å². The van der Waals surface area contributed by atoms with Crippen molar-refractivity contribution < 1.29 is 0 Å². The van der Waals surface area contributed by atoms with Crippen molar-refractivity contribution in [2.24, 2.45) is 0 Å². The molecule has 0 radical (unpaired) electrons. The first kappa shape index (κ1) is 15.6. The van der Waals surface area contributed by atoms with Crippen LogP contribution in [0.2, 0.25) is 0 Å². The average Bonchev–Trinajstić information content (AvgIpc) is 3.26. The maximum atomic E-state index is 5.46. The Morgan fingerprint density at radius 3 is 2.77 bits per heavy atom. The maximum absolute atomic E-state index is 5.46. The van der Waals surface area contributed by atoms with Crippen LogP contribution in [0.1, 0.15) is 30.9 Å². The second kappa shape index (κ2) is 6.48. The van der Waals surface area contributed by atoms with Crippen molar-refractivity contribution >= 4 is 34.4 Å². The predicted octanol–water partition coefficient (Wildman–Crippen LogP) is 4.48. The summed E-state index contributed by atoms with van der Waals surface area (Å²) in [7, 11) is 0. The summed E-state index contributed by atoms with van der Waals surface area (Å²) in [5.41, 5.74) is 3.64. The third kappa shape index (κ3) is 3.56. The largest absolute Gasteiger partial charge is 0.330 e. The van der Waals surface area contributed by atoms with E-state index in [2.05, 4.69) is 54.3 Å². The minimum absolute atomic E-state index is 0.727. The van der Waals surface area contributed by atoms with E-state index in [0.717, 1.165) is 34.0 Å².